The van der Waals surface area contributed by atoms with E-state index in [2.05, 4.69) is 42.3 Å². The molecule has 112 valence electrons. The highest BCUT2D eigenvalue weighted by Crippen LogP contribution is 2.45. The van der Waals surface area contributed by atoms with Crippen LogP contribution < -0.4 is 15.0 Å². The summed E-state index contributed by atoms with van der Waals surface area (Å²) in [5.41, 5.74) is 3.01. The highest BCUT2D eigenvalue weighted by molar-refractivity contribution is 7.80. The number of benzene rings is 2. The Balaban J connectivity index is 1.84. The molecule has 4 heteroatoms. The molecule has 2 bridgehead atoms. The Hall–Kier alpha value is -2.07. The average molecular weight is 310 g/mol. The van der Waals surface area contributed by atoms with Crippen LogP contribution in [0.4, 0.5) is 5.69 Å². The van der Waals surface area contributed by atoms with Crippen molar-refractivity contribution in [3.63, 3.8) is 0 Å². The molecule has 0 aromatic heterocycles. The van der Waals surface area contributed by atoms with E-state index >= 15 is 0 Å². The molecule has 2 aromatic rings. The summed E-state index contributed by atoms with van der Waals surface area (Å²) in [7, 11) is 0. The van der Waals surface area contributed by atoms with Crippen molar-refractivity contribution in [1.29, 1.82) is 0 Å². The number of para-hydroxylation sites is 2. The molecule has 22 heavy (non-hydrogen) atoms. The van der Waals surface area contributed by atoms with Gasteiger partial charge in [-0.25, -0.2) is 0 Å². The van der Waals surface area contributed by atoms with Gasteiger partial charge in [0.1, 0.15) is 5.75 Å². The maximum atomic E-state index is 6.38. The number of rotatable bonds is 1. The second-order valence-electron chi connectivity index (χ2n) is 6.14. The van der Waals surface area contributed by atoms with Crippen LogP contribution in [-0.4, -0.2) is 10.8 Å². The summed E-state index contributed by atoms with van der Waals surface area (Å²) in [4.78, 5) is 2.12. The summed E-state index contributed by atoms with van der Waals surface area (Å²) < 4.78 is 6.38. The Bertz CT molecular complexity index is 760. The molecule has 2 aliphatic rings. The van der Waals surface area contributed by atoms with Gasteiger partial charge < -0.3 is 10.1 Å². The van der Waals surface area contributed by atoms with E-state index in [1.165, 1.54) is 11.1 Å². The van der Waals surface area contributed by atoms with Crippen molar-refractivity contribution in [3.05, 3.63) is 59.7 Å². The van der Waals surface area contributed by atoms with Gasteiger partial charge in [0.05, 0.1) is 6.04 Å². The summed E-state index contributed by atoms with van der Waals surface area (Å²) in [6.45, 7) is 4.22. The molecular weight excluding hydrogens is 292 g/mol. The first-order valence-electron chi connectivity index (χ1n) is 7.53. The van der Waals surface area contributed by atoms with Crippen LogP contribution in [0.15, 0.2) is 48.5 Å². The van der Waals surface area contributed by atoms with Crippen molar-refractivity contribution >= 4 is 23.0 Å². The largest absolute Gasteiger partial charge is 0.467 e. The van der Waals surface area contributed by atoms with E-state index in [0.717, 1.165) is 23.0 Å². The molecule has 4 rings (SSSR count). The van der Waals surface area contributed by atoms with Crippen LogP contribution in [0.3, 0.4) is 0 Å². The molecule has 0 aliphatic carbocycles. The van der Waals surface area contributed by atoms with Gasteiger partial charge in [0.15, 0.2) is 10.8 Å². The van der Waals surface area contributed by atoms with Gasteiger partial charge in [-0.3, -0.25) is 4.90 Å². The topological polar surface area (TPSA) is 24.5 Å². The Morgan fingerprint density at radius 1 is 1.18 bits per heavy atom. The second-order valence-corrected chi connectivity index (χ2v) is 6.53. The number of anilines is 1. The molecular formula is C18H18N2OS. The Kier molecular flexibility index (Phi) is 2.91. The van der Waals surface area contributed by atoms with Gasteiger partial charge in [0.2, 0.25) is 0 Å². The van der Waals surface area contributed by atoms with E-state index in [0.29, 0.717) is 0 Å². The maximum absolute atomic E-state index is 6.38. The first-order valence-corrected chi connectivity index (χ1v) is 7.94. The second kappa shape index (κ2) is 4.71. The van der Waals surface area contributed by atoms with Crippen LogP contribution >= 0.6 is 12.2 Å². The fraction of sp³-hybridized carbons (Fsp3) is 0.278. The molecule has 1 saturated heterocycles. The molecule has 0 spiro atoms. The van der Waals surface area contributed by atoms with Crippen molar-refractivity contribution in [2.45, 2.75) is 32.0 Å². The maximum Gasteiger partial charge on any atom is 0.188 e. The van der Waals surface area contributed by atoms with Crippen molar-refractivity contribution in [2.75, 3.05) is 4.90 Å². The zero-order valence-electron chi connectivity index (χ0n) is 12.7. The van der Waals surface area contributed by atoms with E-state index in [-0.39, 0.29) is 6.04 Å². The molecule has 3 nitrogen and oxygen atoms in total. The lowest BCUT2D eigenvalue weighted by molar-refractivity contribution is 0.0497. The van der Waals surface area contributed by atoms with Crippen molar-refractivity contribution in [2.24, 2.45) is 0 Å². The molecule has 1 N–H and O–H groups in total. The molecule has 0 radical (unpaired) electrons. The van der Waals surface area contributed by atoms with Gasteiger partial charge in [0.25, 0.3) is 0 Å². The van der Waals surface area contributed by atoms with Crippen LogP contribution in [0, 0.1) is 6.92 Å². The molecule has 2 heterocycles. The molecule has 2 aliphatic heterocycles. The molecule has 2 aromatic carbocycles. The Morgan fingerprint density at radius 2 is 1.91 bits per heavy atom. The number of thiocarbonyl (C=S) groups is 1. The molecule has 0 saturated carbocycles. The van der Waals surface area contributed by atoms with Crippen LogP contribution in [0.5, 0.6) is 5.75 Å². The summed E-state index contributed by atoms with van der Waals surface area (Å²) in [6.07, 6.45) is 0.860. The van der Waals surface area contributed by atoms with E-state index in [1.807, 2.05) is 30.3 Å². The normalized spacial score (nSPS) is 26.0. The van der Waals surface area contributed by atoms with Crippen molar-refractivity contribution < 1.29 is 4.74 Å². The number of nitrogens with zero attached hydrogens (tertiary/aromatic N) is 1. The van der Waals surface area contributed by atoms with Crippen LogP contribution in [-0.2, 0) is 0 Å². The van der Waals surface area contributed by atoms with Gasteiger partial charge in [-0.1, -0.05) is 36.4 Å². The van der Waals surface area contributed by atoms with Gasteiger partial charge in [-0.05, 0) is 43.8 Å². The number of hydrogen-bond acceptors (Lipinski definition) is 2. The van der Waals surface area contributed by atoms with Crippen LogP contribution in [0.1, 0.15) is 30.5 Å². The minimum absolute atomic E-state index is 0.211. The summed E-state index contributed by atoms with van der Waals surface area (Å²) >= 11 is 5.66. The zero-order chi connectivity index (χ0) is 15.3. The first-order chi connectivity index (χ1) is 10.6. The number of hydrogen-bond donors (Lipinski definition) is 1. The fourth-order valence-electron chi connectivity index (χ4n) is 3.50. The number of ether oxygens (including phenoxy) is 1. The minimum Gasteiger partial charge on any atom is -0.467 e. The molecule has 0 amide bonds. The highest BCUT2D eigenvalue weighted by Gasteiger charge is 2.48. The van der Waals surface area contributed by atoms with Gasteiger partial charge in [-0.2, -0.15) is 0 Å². The summed E-state index contributed by atoms with van der Waals surface area (Å²) in [5, 5.41) is 4.21. The number of aryl methyl sites for hydroxylation is 1. The van der Waals surface area contributed by atoms with Crippen LogP contribution in [0.2, 0.25) is 0 Å². The van der Waals surface area contributed by atoms with E-state index in [4.69, 9.17) is 17.0 Å². The van der Waals surface area contributed by atoms with Gasteiger partial charge in [0, 0.05) is 17.7 Å². The molecule has 0 unspecified atom stereocenters. The summed E-state index contributed by atoms with van der Waals surface area (Å²) in [6, 6.07) is 16.7. The van der Waals surface area contributed by atoms with Gasteiger partial charge in [-0.15, -0.1) is 0 Å². The Labute approximate surface area is 135 Å². The highest BCUT2D eigenvalue weighted by atomic mass is 32.1. The minimum atomic E-state index is -0.465. The predicted octanol–water partition coefficient (Wildman–Crippen LogP) is 3.93. The number of nitrogens with one attached hydrogen (secondary N) is 1. The lowest BCUT2D eigenvalue weighted by Gasteiger charge is -2.52. The fourth-order valence-corrected chi connectivity index (χ4v) is 3.93. The number of fused-ring (bicyclic) bond motifs is 4. The first kappa shape index (κ1) is 13.6. The van der Waals surface area contributed by atoms with Crippen molar-refractivity contribution in [3.8, 4) is 5.75 Å². The Morgan fingerprint density at radius 3 is 2.73 bits per heavy atom. The third-order valence-electron chi connectivity index (χ3n) is 4.54. The monoisotopic (exact) mass is 310 g/mol. The predicted molar refractivity (Wildman–Crippen MR) is 92.2 cm³/mol. The third kappa shape index (κ3) is 1.91. The summed E-state index contributed by atoms with van der Waals surface area (Å²) in [5.74, 6) is 0.940. The van der Waals surface area contributed by atoms with E-state index in [9.17, 15) is 0 Å². The quantitative estimate of drug-likeness (QED) is 0.807. The zero-order valence-corrected chi connectivity index (χ0v) is 13.5. The third-order valence-corrected chi connectivity index (χ3v) is 4.84. The molecule has 2 atom stereocenters. The van der Waals surface area contributed by atoms with E-state index in [1.54, 1.807) is 0 Å². The smallest absolute Gasteiger partial charge is 0.188 e. The lowest BCUT2D eigenvalue weighted by Crippen LogP contribution is -2.65. The standard InChI is InChI=1S/C18H18N2OS/c1-12-7-3-5-9-15(12)20-17(22)19-14-11-18(20,2)21-16-10-6-4-8-13(14)16/h3-10,14H,11H2,1-2H3,(H,19,22)/t14-,18-/m1/s1. The van der Waals surface area contributed by atoms with Gasteiger partial charge >= 0.3 is 0 Å². The molecule has 1 fully saturated rings. The van der Waals surface area contributed by atoms with E-state index < -0.39 is 5.72 Å². The average Bonchev–Trinajstić information content (AvgIpc) is 2.48. The van der Waals surface area contributed by atoms with Crippen LogP contribution in [0.25, 0.3) is 0 Å². The lowest BCUT2D eigenvalue weighted by atomic mass is 9.90. The SMILES string of the molecule is Cc1ccccc1N1C(=S)N[C@@H]2C[C@@]1(C)Oc1ccccc12. The van der Waals surface area contributed by atoms with Crippen molar-refractivity contribution in [1.82, 2.24) is 5.32 Å².